The van der Waals surface area contributed by atoms with E-state index in [9.17, 15) is 18.0 Å². The summed E-state index contributed by atoms with van der Waals surface area (Å²) in [6.07, 6.45) is 2.51. The summed E-state index contributed by atoms with van der Waals surface area (Å²) in [5.41, 5.74) is -0.359. The second kappa shape index (κ2) is 8.75. The number of benzene rings is 1. The average molecular weight is 423 g/mol. The van der Waals surface area contributed by atoms with Gasteiger partial charge in [-0.05, 0) is 42.4 Å². The topological polar surface area (TPSA) is 71.8 Å². The number of nitrogens with one attached hydrogen (secondary N) is 2. The lowest BCUT2D eigenvalue weighted by atomic mass is 9.69. The van der Waals surface area contributed by atoms with Gasteiger partial charge in [0.25, 0.3) is 0 Å². The van der Waals surface area contributed by atoms with Crippen LogP contribution in [0.25, 0.3) is 5.69 Å². The van der Waals surface area contributed by atoms with Crippen LogP contribution in [-0.2, 0) is 11.0 Å². The minimum Gasteiger partial charge on any atom is -0.323 e. The third-order valence-electron chi connectivity index (χ3n) is 5.67. The summed E-state index contributed by atoms with van der Waals surface area (Å²) in [6.45, 7) is 6.63. The van der Waals surface area contributed by atoms with Crippen molar-refractivity contribution in [2.24, 2.45) is 11.3 Å². The second-order valence-corrected chi connectivity index (χ2v) is 8.86. The summed E-state index contributed by atoms with van der Waals surface area (Å²) >= 11 is 0. The highest BCUT2D eigenvalue weighted by molar-refractivity contribution is 5.94. The van der Waals surface area contributed by atoms with E-state index in [2.05, 4.69) is 41.5 Å². The molecule has 0 radical (unpaired) electrons. The Morgan fingerprint density at radius 1 is 1.20 bits per heavy atom. The highest BCUT2D eigenvalue weighted by Gasteiger charge is 2.34. The van der Waals surface area contributed by atoms with Crippen LogP contribution in [0.1, 0.15) is 52.0 Å². The van der Waals surface area contributed by atoms with E-state index < -0.39 is 17.6 Å². The first-order chi connectivity index (χ1) is 14.1. The number of aromatic nitrogens is 3. The maximum atomic E-state index is 13.2. The fourth-order valence-electron chi connectivity index (χ4n) is 4.17. The summed E-state index contributed by atoms with van der Waals surface area (Å²) in [4.78, 5) is 16.4. The minimum atomic E-state index is -4.51. The number of hydrogen-bond acceptors (Lipinski definition) is 4. The Balaban J connectivity index is 1.74. The second-order valence-electron chi connectivity index (χ2n) is 8.86. The summed E-state index contributed by atoms with van der Waals surface area (Å²) in [5.74, 6) is 0.0484. The molecule has 2 unspecified atom stereocenters. The van der Waals surface area contributed by atoms with E-state index in [0.717, 1.165) is 31.4 Å². The molecule has 1 amide bonds. The van der Waals surface area contributed by atoms with E-state index in [4.69, 9.17) is 0 Å². The van der Waals surface area contributed by atoms with Gasteiger partial charge in [-0.15, -0.1) is 0 Å². The first-order valence-corrected chi connectivity index (χ1v) is 10.1. The molecule has 1 aliphatic carbocycles. The highest BCUT2D eigenvalue weighted by Crippen LogP contribution is 2.38. The molecule has 2 atom stereocenters. The van der Waals surface area contributed by atoms with E-state index in [-0.39, 0.29) is 23.7 Å². The molecular weight excluding hydrogens is 395 g/mol. The van der Waals surface area contributed by atoms with Gasteiger partial charge in [0.2, 0.25) is 5.91 Å². The van der Waals surface area contributed by atoms with E-state index in [1.54, 1.807) is 0 Å². The number of rotatable bonds is 5. The number of halogens is 3. The largest absolute Gasteiger partial charge is 0.416 e. The van der Waals surface area contributed by atoms with E-state index in [1.165, 1.54) is 29.8 Å². The van der Waals surface area contributed by atoms with E-state index >= 15 is 0 Å². The Morgan fingerprint density at radius 3 is 2.57 bits per heavy atom. The molecule has 1 saturated carbocycles. The molecule has 6 nitrogen and oxygen atoms in total. The summed E-state index contributed by atoms with van der Waals surface area (Å²) in [5, 5.41) is 9.90. The van der Waals surface area contributed by atoms with Gasteiger partial charge >= 0.3 is 6.18 Å². The predicted octanol–water partition coefficient (Wildman–Crippen LogP) is 4.42. The summed E-state index contributed by atoms with van der Waals surface area (Å²) < 4.78 is 40.8. The number of nitrogens with zero attached hydrogens (tertiary/aromatic N) is 3. The van der Waals surface area contributed by atoms with Crippen LogP contribution in [0.4, 0.5) is 18.9 Å². The highest BCUT2D eigenvalue weighted by atomic mass is 19.4. The Labute approximate surface area is 174 Å². The molecule has 2 N–H and O–H groups in total. The molecule has 30 heavy (non-hydrogen) atoms. The van der Waals surface area contributed by atoms with Crippen LogP contribution < -0.4 is 10.6 Å². The van der Waals surface area contributed by atoms with Gasteiger partial charge in [-0.1, -0.05) is 33.6 Å². The molecule has 0 aliphatic heterocycles. The lowest BCUT2D eigenvalue weighted by Gasteiger charge is -2.40. The molecule has 1 aromatic heterocycles. The van der Waals surface area contributed by atoms with Gasteiger partial charge in [0, 0.05) is 6.04 Å². The molecule has 1 aliphatic rings. The Morgan fingerprint density at radius 2 is 1.93 bits per heavy atom. The molecule has 1 fully saturated rings. The Bertz CT molecular complexity index is 859. The number of carbonyl (C=O) groups is 1. The zero-order chi connectivity index (χ0) is 21.9. The van der Waals surface area contributed by atoms with Crippen molar-refractivity contribution in [1.29, 1.82) is 0 Å². The molecule has 0 saturated heterocycles. The van der Waals surface area contributed by atoms with Crippen molar-refractivity contribution in [3.8, 4) is 5.69 Å². The van der Waals surface area contributed by atoms with Crippen molar-refractivity contribution in [1.82, 2.24) is 20.1 Å². The van der Waals surface area contributed by atoms with Crippen molar-refractivity contribution in [3.63, 3.8) is 0 Å². The quantitative estimate of drug-likeness (QED) is 0.747. The third-order valence-corrected chi connectivity index (χ3v) is 5.67. The number of anilines is 1. The van der Waals surface area contributed by atoms with Gasteiger partial charge < -0.3 is 10.6 Å². The van der Waals surface area contributed by atoms with Crippen LogP contribution in [0, 0.1) is 11.3 Å². The zero-order valence-corrected chi connectivity index (χ0v) is 17.5. The summed E-state index contributed by atoms with van der Waals surface area (Å²) in [6, 6.07) is 3.37. The monoisotopic (exact) mass is 423 g/mol. The van der Waals surface area contributed by atoms with Crippen molar-refractivity contribution in [3.05, 3.63) is 36.4 Å². The normalized spacial score (nSPS) is 20.2. The molecule has 164 valence electrons. The Kier molecular flexibility index (Phi) is 6.50. The van der Waals surface area contributed by atoms with Crippen LogP contribution in [-0.4, -0.2) is 33.3 Å². The van der Waals surface area contributed by atoms with Gasteiger partial charge in [0.05, 0.1) is 23.5 Å². The van der Waals surface area contributed by atoms with Crippen molar-refractivity contribution in [2.45, 2.75) is 58.7 Å². The van der Waals surface area contributed by atoms with Crippen molar-refractivity contribution < 1.29 is 18.0 Å². The standard InChI is InChI=1S/C21H28F3N5O/c1-20(2,3)15-6-4-5-7-16(15)26-11-19(30)28-17-10-14(21(22,23)24)8-9-18(17)29-13-25-12-27-29/h8-10,12-13,15-16,26H,4-7,11H2,1-3H3,(H,28,30). The molecule has 2 aromatic rings. The van der Waals surface area contributed by atoms with Crippen molar-refractivity contribution >= 4 is 11.6 Å². The maximum Gasteiger partial charge on any atom is 0.416 e. The van der Waals surface area contributed by atoms with Gasteiger partial charge in [-0.3, -0.25) is 4.79 Å². The van der Waals surface area contributed by atoms with Gasteiger partial charge in [0.15, 0.2) is 0 Å². The fraction of sp³-hybridized carbons (Fsp3) is 0.571. The number of carbonyl (C=O) groups excluding carboxylic acids is 1. The maximum absolute atomic E-state index is 13.2. The molecule has 0 spiro atoms. The van der Waals surface area contributed by atoms with E-state index in [1.807, 2.05) is 0 Å². The number of amides is 1. The van der Waals surface area contributed by atoms with Crippen LogP contribution in [0.3, 0.4) is 0 Å². The van der Waals surface area contributed by atoms with E-state index in [0.29, 0.717) is 11.6 Å². The van der Waals surface area contributed by atoms with Crippen LogP contribution in [0.2, 0.25) is 0 Å². The van der Waals surface area contributed by atoms with Crippen LogP contribution >= 0.6 is 0 Å². The smallest absolute Gasteiger partial charge is 0.323 e. The van der Waals surface area contributed by atoms with Crippen molar-refractivity contribution in [2.75, 3.05) is 11.9 Å². The fourth-order valence-corrected chi connectivity index (χ4v) is 4.17. The first kappa shape index (κ1) is 22.3. The SMILES string of the molecule is CC(C)(C)C1CCCCC1NCC(=O)Nc1cc(C(F)(F)F)ccc1-n1cncn1. The first-order valence-electron chi connectivity index (χ1n) is 10.1. The lowest BCUT2D eigenvalue weighted by molar-refractivity contribution is -0.137. The number of hydrogen-bond donors (Lipinski definition) is 2. The number of alkyl halides is 3. The van der Waals surface area contributed by atoms with Gasteiger partial charge in [-0.25, -0.2) is 9.67 Å². The lowest BCUT2D eigenvalue weighted by Crippen LogP contribution is -2.46. The Hall–Kier alpha value is -2.42. The molecule has 9 heteroatoms. The van der Waals surface area contributed by atoms with Gasteiger partial charge in [0.1, 0.15) is 12.7 Å². The summed E-state index contributed by atoms with van der Waals surface area (Å²) in [7, 11) is 0. The molecule has 3 rings (SSSR count). The molecule has 1 aromatic carbocycles. The van der Waals surface area contributed by atoms with Crippen LogP contribution in [0.5, 0.6) is 0 Å². The minimum absolute atomic E-state index is 0.0320. The van der Waals surface area contributed by atoms with Crippen LogP contribution in [0.15, 0.2) is 30.9 Å². The predicted molar refractivity (Wildman–Crippen MR) is 108 cm³/mol. The zero-order valence-electron chi connectivity index (χ0n) is 17.5. The van der Waals surface area contributed by atoms with Gasteiger partial charge in [-0.2, -0.15) is 18.3 Å². The average Bonchev–Trinajstić information content (AvgIpc) is 3.19. The molecule has 1 heterocycles. The molecular formula is C21H28F3N5O. The molecule has 0 bridgehead atoms. The third kappa shape index (κ3) is 5.38.